The molecule has 0 aliphatic carbocycles. The van der Waals surface area contributed by atoms with E-state index < -0.39 is 10.0 Å². The van der Waals surface area contributed by atoms with E-state index in [4.69, 9.17) is 4.74 Å². The number of rotatable bonds is 8. The van der Waals surface area contributed by atoms with Crippen molar-refractivity contribution in [2.45, 2.75) is 63.8 Å². The number of nitrogens with zero attached hydrogens (tertiary/aromatic N) is 2. The Balaban J connectivity index is 1.43. The van der Waals surface area contributed by atoms with Gasteiger partial charge < -0.3 is 15.0 Å². The Morgan fingerprint density at radius 3 is 2.53 bits per heavy atom. The van der Waals surface area contributed by atoms with Gasteiger partial charge in [-0.25, -0.2) is 0 Å². The van der Waals surface area contributed by atoms with Crippen LogP contribution in [0.1, 0.15) is 58.4 Å². The van der Waals surface area contributed by atoms with Gasteiger partial charge in [0, 0.05) is 24.7 Å². The fourth-order valence-corrected chi connectivity index (χ4v) is 5.35. The van der Waals surface area contributed by atoms with Crippen LogP contribution in [0.25, 0.3) is 0 Å². The van der Waals surface area contributed by atoms with Crippen molar-refractivity contribution in [3.63, 3.8) is 0 Å². The fraction of sp³-hybridized carbons (Fsp3) is 0.609. The SMILES string of the molecule is CC(C)CCC[C@H](C)NC(=O)COC(=O)C1CCN(C2=NS(=O)(=O)c3ccccc32)CC1. The molecular formula is C23H33N3O5S. The molecule has 0 saturated carbocycles. The maximum absolute atomic E-state index is 12.4. The molecule has 0 spiro atoms. The van der Waals surface area contributed by atoms with Gasteiger partial charge in [-0.2, -0.15) is 8.42 Å². The number of nitrogens with one attached hydrogen (secondary N) is 1. The number of sulfonamides is 1. The van der Waals surface area contributed by atoms with Crippen LogP contribution >= 0.6 is 0 Å². The lowest BCUT2D eigenvalue weighted by Gasteiger charge is -2.32. The Hall–Kier alpha value is -2.42. The maximum Gasteiger partial charge on any atom is 0.309 e. The molecule has 2 aliphatic heterocycles. The molecule has 0 radical (unpaired) electrons. The predicted molar refractivity (Wildman–Crippen MR) is 122 cm³/mol. The van der Waals surface area contributed by atoms with E-state index in [1.165, 1.54) is 0 Å². The van der Waals surface area contributed by atoms with Gasteiger partial charge in [-0.1, -0.05) is 38.8 Å². The number of fused-ring (bicyclic) bond motifs is 1. The summed E-state index contributed by atoms with van der Waals surface area (Å²) in [6.07, 6.45) is 4.12. The van der Waals surface area contributed by atoms with Crippen LogP contribution in [-0.2, 0) is 24.3 Å². The first-order valence-electron chi connectivity index (χ1n) is 11.3. The summed E-state index contributed by atoms with van der Waals surface area (Å²) in [4.78, 5) is 26.6. The molecule has 9 heteroatoms. The summed E-state index contributed by atoms with van der Waals surface area (Å²) in [5, 5.41) is 2.88. The van der Waals surface area contributed by atoms with E-state index in [1.54, 1.807) is 24.3 Å². The summed E-state index contributed by atoms with van der Waals surface area (Å²) in [5.74, 6) is 0.114. The number of piperidine rings is 1. The molecule has 32 heavy (non-hydrogen) atoms. The smallest absolute Gasteiger partial charge is 0.309 e. The number of amidine groups is 1. The van der Waals surface area contributed by atoms with Crippen LogP contribution in [-0.4, -0.2) is 56.8 Å². The van der Waals surface area contributed by atoms with Crippen LogP contribution in [0.5, 0.6) is 0 Å². The molecule has 1 saturated heterocycles. The summed E-state index contributed by atoms with van der Waals surface area (Å²) in [6.45, 7) is 7.04. The number of carbonyl (C=O) groups excluding carboxylic acids is 2. The van der Waals surface area contributed by atoms with Crippen molar-refractivity contribution >= 4 is 27.7 Å². The number of esters is 1. The topological polar surface area (TPSA) is 105 Å². The molecule has 176 valence electrons. The Labute approximate surface area is 190 Å². The lowest BCUT2D eigenvalue weighted by atomic mass is 9.96. The van der Waals surface area contributed by atoms with Crippen molar-refractivity contribution in [3.05, 3.63) is 29.8 Å². The summed E-state index contributed by atoms with van der Waals surface area (Å²) in [5.41, 5.74) is 0.604. The third kappa shape index (κ3) is 6.09. The third-order valence-corrected chi connectivity index (χ3v) is 7.24. The zero-order valence-electron chi connectivity index (χ0n) is 19.0. The van der Waals surface area contributed by atoms with Crippen molar-refractivity contribution in [2.75, 3.05) is 19.7 Å². The minimum Gasteiger partial charge on any atom is -0.455 e. The van der Waals surface area contributed by atoms with Crippen LogP contribution in [0.4, 0.5) is 0 Å². The molecule has 1 fully saturated rings. The monoisotopic (exact) mass is 463 g/mol. The van der Waals surface area contributed by atoms with E-state index in [9.17, 15) is 18.0 Å². The average Bonchev–Trinajstić information content (AvgIpc) is 3.03. The van der Waals surface area contributed by atoms with Crippen molar-refractivity contribution in [3.8, 4) is 0 Å². The van der Waals surface area contributed by atoms with Gasteiger partial charge in [0.2, 0.25) is 0 Å². The molecule has 3 rings (SSSR count). The second-order valence-corrected chi connectivity index (χ2v) is 10.6. The molecule has 1 aromatic rings. The van der Waals surface area contributed by atoms with Gasteiger partial charge in [0.05, 0.1) is 5.92 Å². The molecule has 8 nitrogen and oxygen atoms in total. The van der Waals surface area contributed by atoms with Crippen molar-refractivity contribution < 1.29 is 22.7 Å². The highest BCUT2D eigenvalue weighted by Gasteiger charge is 2.34. The van der Waals surface area contributed by atoms with E-state index in [2.05, 4.69) is 23.6 Å². The van der Waals surface area contributed by atoms with E-state index in [0.717, 1.165) is 19.3 Å². The number of ether oxygens (including phenoxy) is 1. The summed E-state index contributed by atoms with van der Waals surface area (Å²) < 4.78 is 33.7. The first-order chi connectivity index (χ1) is 15.2. The van der Waals surface area contributed by atoms with E-state index in [1.807, 2.05) is 11.8 Å². The van der Waals surface area contributed by atoms with Crippen LogP contribution in [0.2, 0.25) is 0 Å². The number of likely N-dealkylation sites (tertiary alicyclic amines) is 1. The molecule has 0 bridgehead atoms. The number of amides is 1. The first-order valence-corrected chi connectivity index (χ1v) is 12.8. The molecule has 1 N–H and O–H groups in total. The highest BCUT2D eigenvalue weighted by Crippen LogP contribution is 2.29. The van der Waals surface area contributed by atoms with E-state index in [0.29, 0.717) is 43.2 Å². The zero-order valence-corrected chi connectivity index (χ0v) is 19.9. The average molecular weight is 464 g/mol. The van der Waals surface area contributed by atoms with Crippen LogP contribution in [0, 0.1) is 11.8 Å². The Morgan fingerprint density at radius 2 is 1.84 bits per heavy atom. The van der Waals surface area contributed by atoms with E-state index >= 15 is 0 Å². The lowest BCUT2D eigenvalue weighted by Crippen LogP contribution is -2.41. The Bertz CT molecular complexity index is 966. The summed E-state index contributed by atoms with van der Waals surface area (Å²) in [6, 6.07) is 6.83. The highest BCUT2D eigenvalue weighted by atomic mass is 32.2. The van der Waals surface area contributed by atoms with Crippen LogP contribution < -0.4 is 5.32 Å². The van der Waals surface area contributed by atoms with Crippen molar-refractivity contribution in [1.29, 1.82) is 0 Å². The van der Waals surface area contributed by atoms with Crippen molar-refractivity contribution in [1.82, 2.24) is 10.2 Å². The van der Waals surface area contributed by atoms with Crippen LogP contribution in [0.3, 0.4) is 0 Å². The standard InChI is InChI=1S/C23H33N3O5S/c1-16(2)7-6-8-17(3)24-21(27)15-31-23(28)18-11-13-26(14-12-18)22-19-9-4-5-10-20(19)32(29,30)25-22/h4-5,9-10,16-18H,6-8,11-15H2,1-3H3,(H,24,27)/t17-/m0/s1. The minimum absolute atomic E-state index is 0.0505. The summed E-state index contributed by atoms with van der Waals surface area (Å²) in [7, 11) is -3.66. The largest absolute Gasteiger partial charge is 0.455 e. The van der Waals surface area contributed by atoms with Gasteiger partial charge in [-0.05, 0) is 44.2 Å². The lowest BCUT2D eigenvalue weighted by molar-refractivity contribution is -0.153. The second-order valence-electron chi connectivity index (χ2n) is 9.05. The fourth-order valence-electron chi connectivity index (χ4n) is 4.12. The second kappa shape index (κ2) is 10.5. The summed E-state index contributed by atoms with van der Waals surface area (Å²) >= 11 is 0. The third-order valence-electron chi connectivity index (χ3n) is 5.91. The van der Waals surface area contributed by atoms with Gasteiger partial charge >= 0.3 is 5.97 Å². The highest BCUT2D eigenvalue weighted by molar-refractivity contribution is 7.90. The number of hydrogen-bond acceptors (Lipinski definition) is 6. The molecule has 0 aromatic heterocycles. The first kappa shape index (κ1) is 24.2. The molecule has 1 atom stereocenters. The van der Waals surface area contributed by atoms with Gasteiger partial charge in [-0.15, -0.1) is 4.40 Å². The predicted octanol–water partition coefficient (Wildman–Crippen LogP) is 2.72. The van der Waals surface area contributed by atoms with Crippen molar-refractivity contribution in [2.24, 2.45) is 16.2 Å². The molecule has 1 aromatic carbocycles. The van der Waals surface area contributed by atoms with Gasteiger partial charge in [0.1, 0.15) is 4.90 Å². The molecule has 0 unspecified atom stereocenters. The van der Waals surface area contributed by atoms with Gasteiger partial charge in [-0.3, -0.25) is 9.59 Å². The minimum atomic E-state index is -3.66. The number of benzene rings is 1. The maximum atomic E-state index is 12.4. The molecule has 2 aliphatic rings. The molecule has 1 amide bonds. The quantitative estimate of drug-likeness (QED) is 0.595. The molecular weight excluding hydrogens is 430 g/mol. The van der Waals surface area contributed by atoms with Gasteiger partial charge in [0.15, 0.2) is 12.4 Å². The van der Waals surface area contributed by atoms with E-state index in [-0.39, 0.29) is 35.3 Å². The Kier molecular flexibility index (Phi) is 7.92. The zero-order chi connectivity index (χ0) is 23.3. The van der Waals surface area contributed by atoms with Gasteiger partial charge in [0.25, 0.3) is 15.9 Å². The number of carbonyl (C=O) groups is 2. The number of hydrogen-bond donors (Lipinski definition) is 1. The molecule has 2 heterocycles. The normalized spacial score (nSPS) is 18.8. The Morgan fingerprint density at radius 1 is 1.16 bits per heavy atom. The van der Waals surface area contributed by atoms with Crippen LogP contribution in [0.15, 0.2) is 33.6 Å².